The first-order valence-electron chi connectivity index (χ1n) is 17.6. The summed E-state index contributed by atoms with van der Waals surface area (Å²) in [6.07, 6.45) is 16.4. The van der Waals surface area contributed by atoms with Crippen molar-refractivity contribution in [3.63, 3.8) is 0 Å². The van der Waals surface area contributed by atoms with Crippen LogP contribution in [-0.4, -0.2) is 11.9 Å². The molecule has 0 radical (unpaired) electrons. The number of aryl methyl sites for hydroxylation is 2. The van der Waals surface area contributed by atoms with Crippen LogP contribution in [0, 0.1) is 0 Å². The smallest absolute Gasteiger partial charge is 0.0642 e. The highest BCUT2D eigenvalue weighted by atomic mass is 14.8. The normalized spacial score (nSPS) is 11.9. The summed E-state index contributed by atoms with van der Waals surface area (Å²) in [7, 11) is 0. The van der Waals surface area contributed by atoms with Crippen LogP contribution in [-0.2, 0) is 25.7 Å². The number of hydrogen-bond donors (Lipinski definition) is 0. The van der Waals surface area contributed by atoms with Gasteiger partial charge in [-0.3, -0.25) is 9.98 Å². The van der Waals surface area contributed by atoms with Crippen LogP contribution in [0.15, 0.2) is 94.9 Å². The van der Waals surface area contributed by atoms with Gasteiger partial charge in [0.05, 0.1) is 17.1 Å². The summed E-state index contributed by atoms with van der Waals surface area (Å²) in [6.45, 7) is 11.2. The van der Waals surface area contributed by atoms with Gasteiger partial charge in [-0.1, -0.05) is 127 Å². The number of nitrogens with zero attached hydrogens (tertiary/aromatic N) is 2. The quantitative estimate of drug-likeness (QED) is 0.0853. The molecule has 0 spiro atoms. The SMILES string of the molecule is CCCCCCCCc1c(CC)cc(N=CC(C)=Nc2cc(CCCC)c(CC)c(-c3ccccc3)c2)cc1-c1ccccc1. The minimum Gasteiger partial charge on any atom is -0.255 e. The molecule has 4 aromatic rings. The van der Waals surface area contributed by atoms with Crippen LogP contribution in [0.4, 0.5) is 11.4 Å². The summed E-state index contributed by atoms with van der Waals surface area (Å²) in [4.78, 5) is 10.1. The van der Waals surface area contributed by atoms with E-state index in [2.05, 4.69) is 120 Å². The third-order valence-electron chi connectivity index (χ3n) is 8.84. The third-order valence-corrected chi connectivity index (χ3v) is 8.84. The van der Waals surface area contributed by atoms with Crippen LogP contribution in [0.25, 0.3) is 22.3 Å². The van der Waals surface area contributed by atoms with E-state index in [0.717, 1.165) is 42.8 Å². The molecule has 0 amide bonds. The lowest BCUT2D eigenvalue weighted by Gasteiger charge is -2.16. The van der Waals surface area contributed by atoms with E-state index in [1.807, 2.05) is 6.21 Å². The van der Waals surface area contributed by atoms with Crippen LogP contribution in [0.3, 0.4) is 0 Å². The van der Waals surface area contributed by atoms with E-state index >= 15 is 0 Å². The molecule has 2 nitrogen and oxygen atoms in total. The molecule has 0 aliphatic heterocycles. The van der Waals surface area contributed by atoms with Gasteiger partial charge in [-0.05, 0) is 114 Å². The number of rotatable bonds is 17. The minimum absolute atomic E-state index is 0.912. The second-order valence-electron chi connectivity index (χ2n) is 12.3. The number of hydrogen-bond acceptors (Lipinski definition) is 2. The van der Waals surface area contributed by atoms with Gasteiger partial charge >= 0.3 is 0 Å². The topological polar surface area (TPSA) is 24.7 Å². The molecule has 0 aliphatic rings. The first-order valence-corrected chi connectivity index (χ1v) is 17.6. The van der Waals surface area contributed by atoms with Gasteiger partial charge in [0, 0.05) is 6.21 Å². The van der Waals surface area contributed by atoms with Crippen molar-refractivity contribution in [1.29, 1.82) is 0 Å². The van der Waals surface area contributed by atoms with Gasteiger partial charge in [-0.2, -0.15) is 0 Å². The standard InChI is InChI=1S/C43H54N2/c1-6-10-12-13-14-21-27-41-34(8-3)28-38(30-43(41)36-25-19-16-20-26-36)44-32-33(5)45-39-29-37(22-11-7-2)40(9-4)42(31-39)35-23-17-15-18-24-35/h15-20,23-26,28-32H,6-14,21-22,27H2,1-5H3. The highest BCUT2D eigenvalue weighted by Crippen LogP contribution is 2.34. The zero-order valence-electron chi connectivity index (χ0n) is 28.5. The van der Waals surface area contributed by atoms with E-state index in [-0.39, 0.29) is 0 Å². The summed E-state index contributed by atoms with van der Waals surface area (Å²) in [5.74, 6) is 0. The third kappa shape index (κ3) is 9.85. The Labute approximate surface area is 273 Å². The predicted octanol–water partition coefficient (Wildman–Crippen LogP) is 12.9. The Morgan fingerprint density at radius 3 is 1.76 bits per heavy atom. The number of aliphatic imine (C=N–C) groups is 2. The van der Waals surface area contributed by atoms with Gasteiger partial charge < -0.3 is 0 Å². The molecule has 236 valence electrons. The Hall–Kier alpha value is -3.78. The molecule has 45 heavy (non-hydrogen) atoms. The average Bonchev–Trinajstić information content (AvgIpc) is 3.08. The Kier molecular flexibility index (Phi) is 13.8. The van der Waals surface area contributed by atoms with E-state index in [1.54, 1.807) is 0 Å². The zero-order valence-corrected chi connectivity index (χ0v) is 28.5. The molecule has 0 atom stereocenters. The lowest BCUT2D eigenvalue weighted by atomic mass is 9.90. The van der Waals surface area contributed by atoms with Crippen molar-refractivity contribution in [3.8, 4) is 22.3 Å². The maximum Gasteiger partial charge on any atom is 0.0642 e. The lowest BCUT2D eigenvalue weighted by Crippen LogP contribution is -1.99. The average molecular weight is 599 g/mol. The monoisotopic (exact) mass is 598 g/mol. The summed E-state index contributed by atoms with van der Waals surface area (Å²) >= 11 is 0. The first kappa shape index (κ1) is 34.1. The fourth-order valence-corrected chi connectivity index (χ4v) is 6.42. The first-order chi connectivity index (χ1) is 22.1. The van der Waals surface area contributed by atoms with Gasteiger partial charge in [0.15, 0.2) is 0 Å². The van der Waals surface area contributed by atoms with Gasteiger partial charge in [0.1, 0.15) is 0 Å². The maximum absolute atomic E-state index is 5.08. The van der Waals surface area contributed by atoms with Crippen LogP contribution < -0.4 is 0 Å². The Balaban J connectivity index is 1.65. The van der Waals surface area contributed by atoms with Crippen LogP contribution in [0.1, 0.15) is 108 Å². The summed E-state index contributed by atoms with van der Waals surface area (Å²) in [6, 6.07) is 30.8. The molecule has 0 N–H and O–H groups in total. The zero-order chi connectivity index (χ0) is 31.9. The largest absolute Gasteiger partial charge is 0.255 e. The van der Waals surface area contributed by atoms with E-state index in [0.29, 0.717) is 0 Å². The molecule has 0 saturated carbocycles. The van der Waals surface area contributed by atoms with E-state index < -0.39 is 0 Å². The molecule has 0 aromatic heterocycles. The van der Waals surface area contributed by atoms with Crippen molar-refractivity contribution in [1.82, 2.24) is 0 Å². The lowest BCUT2D eigenvalue weighted by molar-refractivity contribution is 0.607. The van der Waals surface area contributed by atoms with Gasteiger partial charge in [0.25, 0.3) is 0 Å². The van der Waals surface area contributed by atoms with Gasteiger partial charge in [-0.25, -0.2) is 0 Å². The highest BCUT2D eigenvalue weighted by Gasteiger charge is 2.13. The van der Waals surface area contributed by atoms with Gasteiger partial charge in [-0.15, -0.1) is 0 Å². The fraction of sp³-hybridized carbons (Fsp3) is 0.395. The fourth-order valence-electron chi connectivity index (χ4n) is 6.42. The molecule has 0 aliphatic carbocycles. The van der Waals surface area contributed by atoms with Crippen molar-refractivity contribution in [2.75, 3.05) is 0 Å². The molecule has 0 fully saturated rings. The summed E-state index contributed by atoms with van der Waals surface area (Å²) < 4.78 is 0. The van der Waals surface area contributed by atoms with Crippen molar-refractivity contribution < 1.29 is 0 Å². The van der Waals surface area contributed by atoms with Crippen molar-refractivity contribution in [3.05, 3.63) is 107 Å². The molecule has 4 aromatic carbocycles. The van der Waals surface area contributed by atoms with Crippen LogP contribution >= 0.6 is 0 Å². The number of benzene rings is 4. The van der Waals surface area contributed by atoms with Crippen molar-refractivity contribution >= 4 is 23.3 Å². The van der Waals surface area contributed by atoms with E-state index in [4.69, 9.17) is 9.98 Å². The molecular formula is C43H54N2. The molecule has 2 heteroatoms. The predicted molar refractivity (Wildman–Crippen MR) is 199 cm³/mol. The maximum atomic E-state index is 5.08. The summed E-state index contributed by atoms with van der Waals surface area (Å²) in [5.41, 5.74) is 13.9. The summed E-state index contributed by atoms with van der Waals surface area (Å²) in [5, 5.41) is 0. The Morgan fingerprint density at radius 2 is 1.13 bits per heavy atom. The molecule has 4 rings (SSSR count). The Bertz CT molecular complexity index is 1530. The van der Waals surface area contributed by atoms with Crippen molar-refractivity contribution in [2.24, 2.45) is 9.98 Å². The van der Waals surface area contributed by atoms with E-state index in [1.165, 1.54) is 95.9 Å². The highest BCUT2D eigenvalue weighted by molar-refractivity contribution is 6.30. The van der Waals surface area contributed by atoms with Crippen LogP contribution in [0.2, 0.25) is 0 Å². The second-order valence-corrected chi connectivity index (χ2v) is 12.3. The molecular weight excluding hydrogens is 544 g/mol. The van der Waals surface area contributed by atoms with Crippen LogP contribution in [0.5, 0.6) is 0 Å². The molecule has 0 unspecified atom stereocenters. The molecule has 0 bridgehead atoms. The van der Waals surface area contributed by atoms with E-state index in [9.17, 15) is 0 Å². The number of unbranched alkanes of at least 4 members (excludes halogenated alkanes) is 6. The van der Waals surface area contributed by atoms with Crippen molar-refractivity contribution in [2.45, 2.75) is 112 Å². The van der Waals surface area contributed by atoms with Gasteiger partial charge in [0.2, 0.25) is 0 Å². The Morgan fingerprint density at radius 1 is 0.556 bits per heavy atom. The minimum atomic E-state index is 0.912. The second kappa shape index (κ2) is 18.3. The molecule has 0 saturated heterocycles. The molecule has 0 heterocycles.